The van der Waals surface area contributed by atoms with Gasteiger partial charge in [-0.2, -0.15) is 0 Å². The lowest BCUT2D eigenvalue weighted by molar-refractivity contribution is -0.121. The fourth-order valence-electron chi connectivity index (χ4n) is 4.24. The van der Waals surface area contributed by atoms with Crippen LogP contribution < -0.4 is 16.0 Å². The predicted molar refractivity (Wildman–Crippen MR) is 109 cm³/mol. The maximum Gasteiger partial charge on any atom is 0.319 e. The van der Waals surface area contributed by atoms with E-state index in [1.165, 1.54) is 19.3 Å². The van der Waals surface area contributed by atoms with Gasteiger partial charge in [-0.25, -0.2) is 4.79 Å². The molecule has 1 aromatic rings. The second kappa shape index (κ2) is 9.89. The van der Waals surface area contributed by atoms with Gasteiger partial charge in [0.1, 0.15) is 0 Å². The molecule has 0 spiro atoms. The molecule has 1 aliphatic heterocycles. The van der Waals surface area contributed by atoms with Crippen LogP contribution in [0.15, 0.2) is 24.3 Å². The van der Waals surface area contributed by atoms with Gasteiger partial charge in [0.2, 0.25) is 5.91 Å². The number of hydrogen-bond donors (Lipinski definition) is 3. The van der Waals surface area contributed by atoms with Crippen LogP contribution in [-0.2, 0) is 9.53 Å². The third kappa shape index (κ3) is 5.69. The van der Waals surface area contributed by atoms with E-state index >= 15 is 0 Å². The van der Waals surface area contributed by atoms with Gasteiger partial charge in [0.05, 0.1) is 19.8 Å². The Morgan fingerprint density at radius 3 is 2.57 bits per heavy atom. The minimum absolute atomic E-state index is 0.0293. The first-order valence-electron chi connectivity index (χ1n) is 10.3. The highest BCUT2D eigenvalue weighted by molar-refractivity contribution is 5.92. The highest BCUT2D eigenvalue weighted by atomic mass is 16.5. The molecule has 3 N–H and O–H groups in total. The smallest absolute Gasteiger partial charge is 0.319 e. The quantitative estimate of drug-likeness (QED) is 0.698. The number of ether oxygens (including phenoxy) is 1. The summed E-state index contributed by atoms with van der Waals surface area (Å²) in [4.78, 5) is 26.8. The first-order valence-corrected chi connectivity index (χ1v) is 10.3. The number of aryl methyl sites for hydroxylation is 1. The van der Waals surface area contributed by atoms with E-state index in [9.17, 15) is 9.59 Å². The van der Waals surface area contributed by atoms with E-state index in [0.717, 1.165) is 44.7 Å². The van der Waals surface area contributed by atoms with E-state index in [-0.39, 0.29) is 24.0 Å². The Balaban J connectivity index is 1.46. The van der Waals surface area contributed by atoms with Gasteiger partial charge in [0.15, 0.2) is 0 Å². The molecule has 0 radical (unpaired) electrons. The van der Waals surface area contributed by atoms with E-state index in [1.807, 2.05) is 31.2 Å². The SMILES string of the molecule is Cc1cccc(NC(=O)NCC(=O)NCC2(N3CCOCC3)CCCCC2)c1. The van der Waals surface area contributed by atoms with Crippen LogP contribution >= 0.6 is 0 Å². The van der Waals surface area contributed by atoms with Crippen LogP contribution in [0.1, 0.15) is 37.7 Å². The van der Waals surface area contributed by atoms with Crippen LogP contribution in [-0.4, -0.2) is 61.8 Å². The fraction of sp³-hybridized carbons (Fsp3) is 0.619. The molecular weight excluding hydrogens is 356 g/mol. The lowest BCUT2D eigenvalue weighted by atomic mass is 9.79. The molecule has 3 amide bonds. The zero-order valence-corrected chi connectivity index (χ0v) is 16.8. The molecule has 1 heterocycles. The second-order valence-corrected chi connectivity index (χ2v) is 7.84. The summed E-state index contributed by atoms with van der Waals surface area (Å²) in [6.45, 7) is 5.93. The van der Waals surface area contributed by atoms with Gasteiger partial charge in [0.25, 0.3) is 0 Å². The van der Waals surface area contributed by atoms with Crippen molar-refractivity contribution in [2.45, 2.75) is 44.6 Å². The van der Waals surface area contributed by atoms with Crippen molar-refractivity contribution < 1.29 is 14.3 Å². The zero-order valence-electron chi connectivity index (χ0n) is 16.8. The summed E-state index contributed by atoms with van der Waals surface area (Å²) in [6.07, 6.45) is 5.87. The highest BCUT2D eigenvalue weighted by Gasteiger charge is 2.38. The van der Waals surface area contributed by atoms with Gasteiger partial charge in [-0.1, -0.05) is 31.4 Å². The molecule has 28 heavy (non-hydrogen) atoms. The number of nitrogens with one attached hydrogen (secondary N) is 3. The van der Waals surface area contributed by atoms with Gasteiger partial charge in [-0.3, -0.25) is 9.69 Å². The molecule has 0 atom stereocenters. The molecule has 0 unspecified atom stereocenters. The average molecular weight is 389 g/mol. The van der Waals surface area contributed by atoms with E-state index in [1.54, 1.807) is 0 Å². The standard InChI is InChI=1S/C21H32N4O3/c1-17-6-5-7-18(14-17)24-20(27)22-15-19(26)23-16-21(8-3-2-4-9-21)25-10-12-28-13-11-25/h5-7,14H,2-4,8-13,15-16H2,1H3,(H,23,26)(H2,22,24,27). The monoisotopic (exact) mass is 388 g/mol. The number of morpholine rings is 1. The first-order chi connectivity index (χ1) is 13.6. The van der Waals surface area contributed by atoms with Crippen molar-refractivity contribution in [1.82, 2.24) is 15.5 Å². The first kappa shape index (κ1) is 20.6. The third-order valence-electron chi connectivity index (χ3n) is 5.77. The summed E-state index contributed by atoms with van der Waals surface area (Å²) in [6, 6.07) is 7.18. The number of nitrogens with zero attached hydrogens (tertiary/aromatic N) is 1. The van der Waals surface area contributed by atoms with E-state index in [0.29, 0.717) is 12.2 Å². The molecule has 7 heteroatoms. The summed E-state index contributed by atoms with van der Waals surface area (Å²) in [5.41, 5.74) is 1.81. The number of hydrogen-bond acceptors (Lipinski definition) is 4. The second-order valence-electron chi connectivity index (χ2n) is 7.84. The Bertz CT molecular complexity index is 667. The van der Waals surface area contributed by atoms with Crippen LogP contribution in [0.4, 0.5) is 10.5 Å². The molecule has 1 aromatic carbocycles. The van der Waals surface area contributed by atoms with Crippen molar-refractivity contribution in [2.24, 2.45) is 0 Å². The summed E-state index contributed by atoms with van der Waals surface area (Å²) >= 11 is 0. The molecule has 2 aliphatic rings. The largest absolute Gasteiger partial charge is 0.379 e. The van der Waals surface area contributed by atoms with Gasteiger partial charge in [0, 0.05) is 30.9 Å². The lowest BCUT2D eigenvalue weighted by Gasteiger charge is -2.48. The molecule has 1 saturated carbocycles. The van der Waals surface area contributed by atoms with Crippen molar-refractivity contribution in [3.63, 3.8) is 0 Å². The van der Waals surface area contributed by atoms with Gasteiger partial charge < -0.3 is 20.7 Å². The number of carbonyl (C=O) groups excluding carboxylic acids is 2. The van der Waals surface area contributed by atoms with Crippen LogP contribution in [0.2, 0.25) is 0 Å². The molecule has 0 aromatic heterocycles. The number of rotatable bonds is 6. The van der Waals surface area contributed by atoms with Gasteiger partial charge in [-0.15, -0.1) is 0 Å². The number of carbonyl (C=O) groups is 2. The fourth-order valence-corrected chi connectivity index (χ4v) is 4.24. The zero-order chi connectivity index (χ0) is 19.8. The van der Waals surface area contributed by atoms with Crippen LogP contribution in [0, 0.1) is 6.92 Å². The molecule has 154 valence electrons. The van der Waals surface area contributed by atoms with Gasteiger partial charge >= 0.3 is 6.03 Å². The summed E-state index contributed by atoms with van der Waals surface area (Å²) < 4.78 is 5.50. The number of amides is 3. The molecule has 7 nitrogen and oxygen atoms in total. The average Bonchev–Trinajstić information content (AvgIpc) is 2.72. The normalized spacial score (nSPS) is 19.6. The maximum absolute atomic E-state index is 12.3. The maximum atomic E-state index is 12.3. The lowest BCUT2D eigenvalue weighted by Crippen LogP contribution is -2.60. The Morgan fingerprint density at radius 1 is 1.11 bits per heavy atom. The minimum atomic E-state index is -0.374. The Labute approximate surface area is 167 Å². The van der Waals surface area contributed by atoms with Crippen molar-refractivity contribution in [3.05, 3.63) is 29.8 Å². The third-order valence-corrected chi connectivity index (χ3v) is 5.77. The molecule has 3 rings (SSSR count). The van der Waals surface area contributed by atoms with E-state index in [4.69, 9.17) is 4.74 Å². The summed E-state index contributed by atoms with van der Waals surface area (Å²) in [5, 5.41) is 8.44. The van der Waals surface area contributed by atoms with Crippen molar-refractivity contribution in [1.29, 1.82) is 0 Å². The number of benzene rings is 1. The summed E-state index contributed by atoms with van der Waals surface area (Å²) in [5.74, 6) is -0.155. The van der Waals surface area contributed by atoms with E-state index in [2.05, 4.69) is 20.9 Å². The molecule has 0 bridgehead atoms. The van der Waals surface area contributed by atoms with Crippen LogP contribution in [0.3, 0.4) is 0 Å². The molecule has 1 aliphatic carbocycles. The van der Waals surface area contributed by atoms with Gasteiger partial charge in [-0.05, 0) is 37.5 Å². The topological polar surface area (TPSA) is 82.7 Å². The number of urea groups is 1. The predicted octanol–water partition coefficient (Wildman–Crippen LogP) is 2.27. The van der Waals surface area contributed by atoms with Crippen molar-refractivity contribution in [3.8, 4) is 0 Å². The Hall–Kier alpha value is -2.12. The van der Waals surface area contributed by atoms with Crippen LogP contribution in [0.25, 0.3) is 0 Å². The number of anilines is 1. The van der Waals surface area contributed by atoms with Crippen molar-refractivity contribution in [2.75, 3.05) is 44.7 Å². The minimum Gasteiger partial charge on any atom is -0.379 e. The molecule has 2 fully saturated rings. The molecule has 1 saturated heterocycles. The Kier molecular flexibility index (Phi) is 7.28. The molecular formula is C21H32N4O3. The van der Waals surface area contributed by atoms with Crippen LogP contribution in [0.5, 0.6) is 0 Å². The highest BCUT2D eigenvalue weighted by Crippen LogP contribution is 2.33. The van der Waals surface area contributed by atoms with E-state index < -0.39 is 0 Å². The summed E-state index contributed by atoms with van der Waals surface area (Å²) in [7, 11) is 0. The van der Waals surface area contributed by atoms with Crippen molar-refractivity contribution >= 4 is 17.6 Å². The Morgan fingerprint density at radius 2 is 1.86 bits per heavy atom.